The second-order valence-corrected chi connectivity index (χ2v) is 4.13. The summed E-state index contributed by atoms with van der Waals surface area (Å²) in [6.45, 7) is 2.77. The van der Waals surface area contributed by atoms with E-state index < -0.39 is 5.41 Å². The second kappa shape index (κ2) is 5.27. The average molecular weight is 231 g/mol. The van der Waals surface area contributed by atoms with Crippen LogP contribution in [0.5, 0.6) is 0 Å². The summed E-state index contributed by atoms with van der Waals surface area (Å²) in [5, 5.41) is 3.19. The lowest BCUT2D eigenvalue weighted by atomic mass is 9.80. The molecule has 0 N–H and O–H groups in total. The summed E-state index contributed by atoms with van der Waals surface area (Å²) >= 11 is 0. The van der Waals surface area contributed by atoms with Gasteiger partial charge in [0.15, 0.2) is 11.6 Å². The molecule has 0 heterocycles. The molecule has 0 unspecified atom stereocenters. The molecule has 1 rings (SSSR count). The van der Waals surface area contributed by atoms with E-state index in [-0.39, 0.29) is 18.1 Å². The van der Waals surface area contributed by atoms with Gasteiger partial charge in [0, 0.05) is 10.5 Å². The fourth-order valence-electron chi connectivity index (χ4n) is 1.37. The van der Waals surface area contributed by atoms with Crippen molar-refractivity contribution in [1.29, 1.82) is 0 Å². The molecule has 0 aliphatic carbocycles. The van der Waals surface area contributed by atoms with E-state index in [4.69, 9.17) is 5.53 Å². The van der Waals surface area contributed by atoms with Gasteiger partial charge in [0.25, 0.3) is 0 Å². The number of azide groups is 1. The van der Waals surface area contributed by atoms with Gasteiger partial charge < -0.3 is 0 Å². The minimum absolute atomic E-state index is 0.267. The zero-order valence-corrected chi connectivity index (χ0v) is 9.75. The molecule has 17 heavy (non-hydrogen) atoms. The number of hydrogen-bond donors (Lipinski definition) is 0. The van der Waals surface area contributed by atoms with Crippen LogP contribution >= 0.6 is 0 Å². The lowest BCUT2D eigenvalue weighted by Crippen LogP contribution is -2.35. The zero-order chi connectivity index (χ0) is 12.9. The minimum Gasteiger partial charge on any atom is -0.298 e. The number of rotatable bonds is 5. The smallest absolute Gasteiger partial charge is 0.175 e. The molecule has 1 aromatic rings. The van der Waals surface area contributed by atoms with Crippen LogP contribution in [0.1, 0.15) is 24.2 Å². The highest BCUT2D eigenvalue weighted by Gasteiger charge is 2.35. The molecule has 0 bridgehead atoms. The van der Waals surface area contributed by atoms with Crippen LogP contribution in [0, 0.1) is 5.41 Å². The maximum atomic E-state index is 12.1. The highest BCUT2D eigenvalue weighted by Crippen LogP contribution is 2.23. The van der Waals surface area contributed by atoms with Crippen LogP contribution in [0.4, 0.5) is 0 Å². The van der Waals surface area contributed by atoms with Gasteiger partial charge in [-0.1, -0.05) is 35.4 Å². The van der Waals surface area contributed by atoms with Crippen LogP contribution in [0.15, 0.2) is 35.4 Å². The van der Waals surface area contributed by atoms with E-state index in [0.29, 0.717) is 5.56 Å². The Labute approximate surface area is 99.1 Å². The van der Waals surface area contributed by atoms with Gasteiger partial charge in [0.1, 0.15) is 0 Å². The third kappa shape index (κ3) is 2.92. The van der Waals surface area contributed by atoms with Crippen molar-refractivity contribution in [1.82, 2.24) is 0 Å². The Morgan fingerprint density at radius 3 is 2.41 bits per heavy atom. The third-order valence-electron chi connectivity index (χ3n) is 2.58. The Morgan fingerprint density at radius 1 is 1.29 bits per heavy atom. The van der Waals surface area contributed by atoms with Crippen molar-refractivity contribution in [2.24, 2.45) is 10.5 Å². The number of carbonyl (C=O) groups excluding carboxylic acids is 2. The van der Waals surface area contributed by atoms with Crippen molar-refractivity contribution in [3.05, 3.63) is 46.3 Å². The van der Waals surface area contributed by atoms with Crippen LogP contribution in [0.25, 0.3) is 10.4 Å². The summed E-state index contributed by atoms with van der Waals surface area (Å²) in [4.78, 5) is 26.4. The molecule has 0 spiro atoms. The fraction of sp³-hybridized carbons (Fsp3) is 0.333. The number of nitrogens with zero attached hydrogens (tertiary/aromatic N) is 3. The Morgan fingerprint density at radius 2 is 1.88 bits per heavy atom. The topological polar surface area (TPSA) is 82.9 Å². The molecule has 0 aliphatic rings. The van der Waals surface area contributed by atoms with E-state index in [1.807, 2.05) is 0 Å². The lowest BCUT2D eigenvalue weighted by molar-refractivity contribution is -0.123. The highest BCUT2D eigenvalue weighted by atomic mass is 16.2. The fourth-order valence-corrected chi connectivity index (χ4v) is 1.37. The van der Waals surface area contributed by atoms with Crippen molar-refractivity contribution in [3.8, 4) is 0 Å². The van der Waals surface area contributed by atoms with Gasteiger partial charge >= 0.3 is 0 Å². The van der Waals surface area contributed by atoms with E-state index in [2.05, 4.69) is 10.0 Å². The van der Waals surface area contributed by atoms with Crippen molar-refractivity contribution < 1.29 is 9.59 Å². The Bertz CT molecular complexity index is 474. The summed E-state index contributed by atoms with van der Waals surface area (Å²) in [7, 11) is 0. The molecule has 0 aliphatic heterocycles. The normalized spacial score (nSPS) is 10.5. The molecule has 0 amide bonds. The summed E-state index contributed by atoms with van der Waals surface area (Å²) < 4.78 is 0. The predicted octanol–water partition coefficient (Wildman–Crippen LogP) is 2.77. The standard InChI is InChI=1S/C12H13N3O2/c1-12(2,10(16)8-14-15-13)11(17)9-6-4-3-5-7-9/h3-7H,8H2,1-2H3. The third-order valence-corrected chi connectivity index (χ3v) is 2.58. The molecule has 5 nitrogen and oxygen atoms in total. The number of carbonyl (C=O) groups is 2. The summed E-state index contributed by atoms with van der Waals surface area (Å²) in [6, 6.07) is 8.59. The molecule has 0 fully saturated rings. The van der Waals surface area contributed by atoms with E-state index in [1.54, 1.807) is 30.3 Å². The van der Waals surface area contributed by atoms with Crippen LogP contribution in [0.2, 0.25) is 0 Å². The first kappa shape index (κ1) is 12.9. The molecular formula is C12H13N3O2. The first-order chi connectivity index (χ1) is 8.00. The monoisotopic (exact) mass is 231 g/mol. The first-order valence-electron chi connectivity index (χ1n) is 5.14. The molecule has 0 aromatic heterocycles. The predicted molar refractivity (Wildman–Crippen MR) is 63.6 cm³/mol. The van der Waals surface area contributed by atoms with Gasteiger partial charge in [-0.05, 0) is 19.4 Å². The summed E-state index contributed by atoms with van der Waals surface area (Å²) in [5.41, 5.74) is 7.47. The van der Waals surface area contributed by atoms with Gasteiger partial charge in [-0.25, -0.2) is 0 Å². The Hall–Kier alpha value is -2.13. The van der Waals surface area contributed by atoms with Crippen molar-refractivity contribution >= 4 is 11.6 Å². The molecule has 88 valence electrons. The lowest BCUT2D eigenvalue weighted by Gasteiger charge is -2.20. The van der Waals surface area contributed by atoms with E-state index >= 15 is 0 Å². The van der Waals surface area contributed by atoms with E-state index in [1.165, 1.54) is 13.8 Å². The van der Waals surface area contributed by atoms with Crippen molar-refractivity contribution in [2.75, 3.05) is 6.54 Å². The highest BCUT2D eigenvalue weighted by molar-refractivity contribution is 6.14. The maximum absolute atomic E-state index is 12.1. The largest absolute Gasteiger partial charge is 0.298 e. The number of ketones is 2. The quantitative estimate of drug-likeness (QED) is 0.256. The number of Topliss-reactive ketones (excluding diaryl/α,β-unsaturated/α-hetero) is 2. The summed E-state index contributed by atoms with van der Waals surface area (Å²) in [6.07, 6.45) is 0. The SMILES string of the molecule is CC(C)(C(=O)CN=[N+]=[N-])C(=O)c1ccccc1. The maximum Gasteiger partial charge on any atom is 0.175 e. The average Bonchev–Trinajstić information content (AvgIpc) is 2.35. The molecule has 0 atom stereocenters. The second-order valence-electron chi connectivity index (χ2n) is 4.13. The van der Waals surface area contributed by atoms with Gasteiger partial charge in [-0.15, -0.1) is 0 Å². The van der Waals surface area contributed by atoms with Gasteiger partial charge in [0.2, 0.25) is 0 Å². The number of hydrogen-bond acceptors (Lipinski definition) is 3. The van der Waals surface area contributed by atoms with Crippen LogP contribution in [-0.4, -0.2) is 18.1 Å². The summed E-state index contributed by atoms with van der Waals surface area (Å²) in [5.74, 6) is -0.652. The molecule has 1 aromatic carbocycles. The van der Waals surface area contributed by atoms with Crippen LogP contribution < -0.4 is 0 Å². The first-order valence-corrected chi connectivity index (χ1v) is 5.14. The molecule has 5 heteroatoms. The molecule has 0 saturated heterocycles. The van der Waals surface area contributed by atoms with E-state index in [9.17, 15) is 9.59 Å². The van der Waals surface area contributed by atoms with Gasteiger partial charge in [0.05, 0.1) is 12.0 Å². The van der Waals surface area contributed by atoms with E-state index in [0.717, 1.165) is 0 Å². The molecule has 0 saturated carbocycles. The molecular weight excluding hydrogens is 218 g/mol. The van der Waals surface area contributed by atoms with Crippen molar-refractivity contribution in [2.45, 2.75) is 13.8 Å². The van der Waals surface area contributed by atoms with Crippen molar-refractivity contribution in [3.63, 3.8) is 0 Å². The minimum atomic E-state index is -1.17. The Kier molecular flexibility index (Phi) is 4.01. The zero-order valence-electron chi connectivity index (χ0n) is 9.75. The Balaban J connectivity index is 2.94. The number of benzene rings is 1. The van der Waals surface area contributed by atoms with Gasteiger partial charge in [-0.2, -0.15) is 0 Å². The molecule has 0 radical (unpaired) electrons. The van der Waals surface area contributed by atoms with Crippen LogP contribution in [0.3, 0.4) is 0 Å². The van der Waals surface area contributed by atoms with Crippen LogP contribution in [-0.2, 0) is 4.79 Å². The van der Waals surface area contributed by atoms with Gasteiger partial charge in [-0.3, -0.25) is 9.59 Å².